The van der Waals surface area contributed by atoms with Crippen molar-refractivity contribution in [1.82, 2.24) is 4.90 Å². The van der Waals surface area contributed by atoms with Crippen LogP contribution in [0.1, 0.15) is 10.4 Å². The Balaban J connectivity index is 2.86. The maximum Gasteiger partial charge on any atom is 0.155 e. The first kappa shape index (κ1) is 12.6. The van der Waals surface area contributed by atoms with E-state index in [0.29, 0.717) is 12.0 Å². The van der Waals surface area contributed by atoms with E-state index in [9.17, 15) is 9.18 Å². The number of hydrogen-bond donors (Lipinski definition) is 0. The second kappa shape index (κ2) is 5.61. The number of hydrogen-bond acceptors (Lipinski definition) is 3. The number of benzene rings is 1. The van der Waals surface area contributed by atoms with Crippen molar-refractivity contribution in [3.05, 3.63) is 29.6 Å². The molecule has 88 valence electrons. The summed E-state index contributed by atoms with van der Waals surface area (Å²) in [7, 11) is 5.80. The van der Waals surface area contributed by atoms with Gasteiger partial charge in [-0.2, -0.15) is 0 Å². The van der Waals surface area contributed by atoms with E-state index >= 15 is 0 Å². The average molecular weight is 224 g/mol. The Labute approximate surface area is 95.5 Å². The molecule has 0 saturated heterocycles. The van der Waals surface area contributed by atoms with E-state index in [2.05, 4.69) is 0 Å². The van der Waals surface area contributed by atoms with Gasteiger partial charge in [0.05, 0.1) is 11.3 Å². The van der Waals surface area contributed by atoms with Gasteiger partial charge in [-0.3, -0.25) is 4.79 Å². The Morgan fingerprint density at radius 1 is 1.25 bits per heavy atom. The highest BCUT2D eigenvalue weighted by molar-refractivity contribution is 5.84. The summed E-state index contributed by atoms with van der Waals surface area (Å²) in [5, 5.41) is 0. The topological polar surface area (TPSA) is 23.6 Å². The number of aldehydes is 1. The van der Waals surface area contributed by atoms with Gasteiger partial charge in [0.25, 0.3) is 0 Å². The van der Waals surface area contributed by atoms with E-state index in [1.54, 1.807) is 12.1 Å². The van der Waals surface area contributed by atoms with Crippen molar-refractivity contribution in [3.63, 3.8) is 0 Å². The molecule has 4 heteroatoms. The van der Waals surface area contributed by atoms with Crippen molar-refractivity contribution in [1.29, 1.82) is 0 Å². The summed E-state index contributed by atoms with van der Waals surface area (Å²) in [5.41, 5.74) is 0.764. The molecule has 0 heterocycles. The third-order valence-electron chi connectivity index (χ3n) is 2.44. The molecule has 0 unspecified atom stereocenters. The third-order valence-corrected chi connectivity index (χ3v) is 2.44. The van der Waals surface area contributed by atoms with Crippen LogP contribution in [0.25, 0.3) is 0 Å². The monoisotopic (exact) mass is 224 g/mol. The second-order valence-electron chi connectivity index (χ2n) is 4.02. The van der Waals surface area contributed by atoms with Crippen molar-refractivity contribution in [2.24, 2.45) is 0 Å². The molecular formula is C12H17FN2O. The van der Waals surface area contributed by atoms with Crippen molar-refractivity contribution in [2.45, 2.75) is 0 Å². The fourth-order valence-corrected chi connectivity index (χ4v) is 1.45. The molecule has 0 radical (unpaired) electrons. The summed E-state index contributed by atoms with van der Waals surface area (Å²) in [5.74, 6) is -0.468. The van der Waals surface area contributed by atoms with Crippen LogP contribution in [0.2, 0.25) is 0 Å². The van der Waals surface area contributed by atoms with Crippen molar-refractivity contribution < 1.29 is 9.18 Å². The van der Waals surface area contributed by atoms with Gasteiger partial charge < -0.3 is 9.80 Å². The number of carbonyl (C=O) groups is 1. The van der Waals surface area contributed by atoms with Crippen LogP contribution in [0.3, 0.4) is 0 Å². The van der Waals surface area contributed by atoms with Crippen LogP contribution in [-0.2, 0) is 0 Å². The zero-order valence-corrected chi connectivity index (χ0v) is 9.90. The molecular weight excluding hydrogens is 207 g/mol. The summed E-state index contributed by atoms with van der Waals surface area (Å²) in [6.45, 7) is 1.60. The molecule has 0 saturated carbocycles. The molecule has 0 bridgehead atoms. The van der Waals surface area contributed by atoms with Gasteiger partial charge in [0.15, 0.2) is 6.29 Å². The Morgan fingerprint density at radius 3 is 2.50 bits per heavy atom. The molecule has 0 fully saturated rings. The summed E-state index contributed by atoms with van der Waals surface area (Å²) in [6, 6.07) is 4.67. The van der Waals surface area contributed by atoms with Crippen molar-refractivity contribution in [2.75, 3.05) is 39.1 Å². The van der Waals surface area contributed by atoms with Gasteiger partial charge in [-0.1, -0.05) is 6.07 Å². The number of carbonyl (C=O) groups excluding carboxylic acids is 1. The molecule has 0 aromatic heterocycles. The van der Waals surface area contributed by atoms with Crippen LogP contribution in [0.15, 0.2) is 18.2 Å². The molecule has 0 aliphatic carbocycles. The van der Waals surface area contributed by atoms with Crippen molar-refractivity contribution >= 4 is 12.0 Å². The highest BCUT2D eigenvalue weighted by Gasteiger charge is 2.10. The number of rotatable bonds is 5. The Bertz CT molecular complexity index is 366. The largest absolute Gasteiger partial charge is 0.373 e. The SMILES string of the molecule is CN(C)CCN(C)c1cccc(F)c1C=O. The fraction of sp³-hybridized carbons (Fsp3) is 0.417. The molecule has 0 aliphatic rings. The second-order valence-corrected chi connectivity index (χ2v) is 4.02. The minimum absolute atomic E-state index is 0.128. The standard InChI is InChI=1S/C12H17FN2O/c1-14(2)7-8-15(3)12-6-4-5-11(13)10(12)9-16/h4-6,9H,7-8H2,1-3H3. The average Bonchev–Trinajstić information content (AvgIpc) is 2.25. The number of anilines is 1. The fourth-order valence-electron chi connectivity index (χ4n) is 1.45. The molecule has 0 amide bonds. The lowest BCUT2D eigenvalue weighted by Crippen LogP contribution is -2.29. The van der Waals surface area contributed by atoms with Crippen LogP contribution in [0.4, 0.5) is 10.1 Å². The zero-order chi connectivity index (χ0) is 12.1. The van der Waals surface area contributed by atoms with Crippen LogP contribution in [-0.4, -0.2) is 45.4 Å². The lowest BCUT2D eigenvalue weighted by atomic mass is 10.1. The van der Waals surface area contributed by atoms with E-state index in [4.69, 9.17) is 0 Å². The normalized spacial score (nSPS) is 10.6. The highest BCUT2D eigenvalue weighted by Crippen LogP contribution is 2.20. The van der Waals surface area contributed by atoms with E-state index in [0.717, 1.165) is 13.1 Å². The minimum Gasteiger partial charge on any atom is -0.373 e. The van der Waals surface area contributed by atoms with Crippen molar-refractivity contribution in [3.8, 4) is 0 Å². The zero-order valence-electron chi connectivity index (χ0n) is 9.90. The molecule has 1 aromatic rings. The van der Waals surface area contributed by atoms with Gasteiger partial charge >= 0.3 is 0 Å². The molecule has 3 nitrogen and oxygen atoms in total. The predicted molar refractivity (Wildman–Crippen MR) is 63.6 cm³/mol. The van der Waals surface area contributed by atoms with Gasteiger partial charge in [0, 0.05) is 20.1 Å². The van der Waals surface area contributed by atoms with Crippen LogP contribution in [0, 0.1) is 5.82 Å². The van der Waals surface area contributed by atoms with Gasteiger partial charge in [0.2, 0.25) is 0 Å². The van der Waals surface area contributed by atoms with E-state index in [-0.39, 0.29) is 5.56 Å². The molecule has 1 rings (SSSR count). The highest BCUT2D eigenvalue weighted by atomic mass is 19.1. The summed E-state index contributed by atoms with van der Waals surface area (Å²) < 4.78 is 13.3. The molecule has 1 aromatic carbocycles. The predicted octanol–water partition coefficient (Wildman–Crippen LogP) is 1.64. The Morgan fingerprint density at radius 2 is 1.94 bits per heavy atom. The molecule has 0 spiro atoms. The Kier molecular flexibility index (Phi) is 4.43. The number of nitrogens with zero attached hydrogens (tertiary/aromatic N) is 2. The maximum atomic E-state index is 13.3. The van der Waals surface area contributed by atoms with E-state index in [1.807, 2.05) is 30.9 Å². The van der Waals surface area contributed by atoms with Crippen LogP contribution < -0.4 is 4.90 Å². The molecule has 0 aliphatic heterocycles. The minimum atomic E-state index is -0.468. The summed E-state index contributed by atoms with van der Waals surface area (Å²) in [6.07, 6.45) is 0.566. The summed E-state index contributed by atoms with van der Waals surface area (Å²) in [4.78, 5) is 14.7. The van der Waals surface area contributed by atoms with Gasteiger partial charge in [-0.15, -0.1) is 0 Å². The Hall–Kier alpha value is -1.42. The first-order valence-corrected chi connectivity index (χ1v) is 5.16. The third kappa shape index (κ3) is 3.03. The first-order valence-electron chi connectivity index (χ1n) is 5.16. The molecule has 0 atom stereocenters. The lowest BCUT2D eigenvalue weighted by Gasteiger charge is -2.22. The quantitative estimate of drug-likeness (QED) is 0.710. The van der Waals surface area contributed by atoms with E-state index < -0.39 is 5.82 Å². The van der Waals surface area contributed by atoms with Gasteiger partial charge in [-0.25, -0.2) is 4.39 Å². The molecule has 0 N–H and O–H groups in total. The first-order chi connectivity index (χ1) is 7.56. The molecule has 16 heavy (non-hydrogen) atoms. The van der Waals surface area contributed by atoms with E-state index in [1.165, 1.54) is 6.07 Å². The lowest BCUT2D eigenvalue weighted by molar-refractivity contribution is 0.112. The van der Waals surface area contributed by atoms with Gasteiger partial charge in [-0.05, 0) is 26.2 Å². The maximum absolute atomic E-state index is 13.3. The number of likely N-dealkylation sites (N-methyl/N-ethyl adjacent to an activating group) is 2. The van der Waals surface area contributed by atoms with Crippen LogP contribution >= 0.6 is 0 Å². The summed E-state index contributed by atoms with van der Waals surface area (Å²) >= 11 is 0. The van der Waals surface area contributed by atoms with Crippen LogP contribution in [0.5, 0.6) is 0 Å². The number of halogens is 1. The smallest absolute Gasteiger partial charge is 0.155 e. The van der Waals surface area contributed by atoms with Gasteiger partial charge in [0.1, 0.15) is 5.82 Å².